The van der Waals surface area contributed by atoms with Crippen LogP contribution in [0.25, 0.3) is 10.9 Å². The number of nitrogens with zero attached hydrogens (tertiary/aromatic N) is 1. The summed E-state index contributed by atoms with van der Waals surface area (Å²) < 4.78 is 14.6. The van der Waals surface area contributed by atoms with Crippen molar-refractivity contribution in [1.29, 1.82) is 0 Å². The molecule has 0 aliphatic rings. The Bertz CT molecular complexity index is 389. The molecule has 1 aromatic carbocycles. The van der Waals surface area contributed by atoms with Gasteiger partial charge in [-0.3, -0.25) is 0 Å². The first-order valence-electron chi connectivity index (χ1n) is 3.48. The van der Waals surface area contributed by atoms with Crippen LogP contribution < -0.4 is 0 Å². The number of aromatic nitrogens is 1. The third-order valence-electron chi connectivity index (χ3n) is 1.85. The zero-order valence-corrected chi connectivity index (χ0v) is 6.21. The molecule has 0 aliphatic carbocycles. The van der Waals surface area contributed by atoms with Gasteiger partial charge in [0.2, 0.25) is 0 Å². The first-order chi connectivity index (χ1) is 5.27. The van der Waals surface area contributed by atoms with Gasteiger partial charge in [-0.25, -0.2) is 4.39 Å². The average Bonchev–Trinajstić information content (AvgIpc) is 2.32. The molecule has 0 spiro atoms. The lowest BCUT2D eigenvalue weighted by Crippen LogP contribution is -1.83. The van der Waals surface area contributed by atoms with E-state index in [9.17, 15) is 4.39 Å². The van der Waals surface area contributed by atoms with Crippen molar-refractivity contribution < 1.29 is 4.39 Å². The van der Waals surface area contributed by atoms with Crippen molar-refractivity contribution in [3.05, 3.63) is 36.3 Å². The lowest BCUT2D eigenvalue weighted by atomic mass is 10.2. The van der Waals surface area contributed by atoms with E-state index < -0.39 is 0 Å². The Kier molecular flexibility index (Phi) is 1.22. The Balaban J connectivity index is 2.86. The second kappa shape index (κ2) is 2.09. The summed E-state index contributed by atoms with van der Waals surface area (Å²) in [6.07, 6.45) is 1.92. The van der Waals surface area contributed by atoms with Crippen molar-refractivity contribution >= 4 is 10.9 Å². The lowest BCUT2D eigenvalue weighted by Gasteiger charge is -1.94. The van der Waals surface area contributed by atoms with E-state index in [1.54, 1.807) is 6.07 Å². The van der Waals surface area contributed by atoms with Gasteiger partial charge in [0.25, 0.3) is 0 Å². The molecule has 0 radical (unpaired) electrons. The first-order valence-corrected chi connectivity index (χ1v) is 3.48. The van der Waals surface area contributed by atoms with Gasteiger partial charge >= 0.3 is 0 Å². The summed E-state index contributed by atoms with van der Waals surface area (Å²) in [6.45, 7) is 0. The molecule has 0 saturated heterocycles. The van der Waals surface area contributed by atoms with Crippen molar-refractivity contribution in [2.75, 3.05) is 0 Å². The van der Waals surface area contributed by atoms with Gasteiger partial charge in [0, 0.05) is 24.1 Å². The maximum atomic E-state index is 12.6. The molecule has 0 unspecified atom stereocenters. The number of halogens is 1. The summed E-state index contributed by atoms with van der Waals surface area (Å²) in [4.78, 5) is 0. The fourth-order valence-corrected chi connectivity index (χ4v) is 1.25. The Hall–Kier alpha value is -1.31. The summed E-state index contributed by atoms with van der Waals surface area (Å²) in [6, 6.07) is 6.70. The quantitative estimate of drug-likeness (QED) is 0.541. The molecule has 0 bridgehead atoms. The summed E-state index contributed by atoms with van der Waals surface area (Å²) in [5.41, 5.74) is 1.06. The molecule has 56 valence electrons. The van der Waals surface area contributed by atoms with Crippen molar-refractivity contribution in [3.8, 4) is 0 Å². The average molecular weight is 149 g/mol. The zero-order valence-electron chi connectivity index (χ0n) is 6.21. The lowest BCUT2D eigenvalue weighted by molar-refractivity contribution is 0.629. The van der Waals surface area contributed by atoms with E-state index in [2.05, 4.69) is 0 Å². The van der Waals surface area contributed by atoms with E-state index in [0.29, 0.717) is 0 Å². The molecule has 0 fully saturated rings. The van der Waals surface area contributed by atoms with Gasteiger partial charge in [0.15, 0.2) is 0 Å². The van der Waals surface area contributed by atoms with Crippen LogP contribution in [-0.2, 0) is 7.05 Å². The number of hydrogen-bond acceptors (Lipinski definition) is 0. The summed E-state index contributed by atoms with van der Waals surface area (Å²) in [5.74, 6) is -0.177. The van der Waals surface area contributed by atoms with Gasteiger partial charge < -0.3 is 4.57 Å². The Labute approximate surface area is 64.1 Å². The molecule has 0 amide bonds. The van der Waals surface area contributed by atoms with Gasteiger partial charge in [-0.1, -0.05) is 0 Å². The highest BCUT2D eigenvalue weighted by molar-refractivity contribution is 5.79. The molecule has 0 aliphatic heterocycles. The minimum atomic E-state index is -0.177. The third kappa shape index (κ3) is 0.909. The molecule has 1 nitrogen and oxygen atoms in total. The van der Waals surface area contributed by atoms with Gasteiger partial charge in [-0.05, 0) is 24.3 Å². The summed E-state index contributed by atoms with van der Waals surface area (Å²) in [5, 5.41) is 0.951. The fourth-order valence-electron chi connectivity index (χ4n) is 1.25. The smallest absolute Gasteiger partial charge is 0.123 e. The number of benzene rings is 1. The predicted molar refractivity (Wildman–Crippen MR) is 42.9 cm³/mol. The molecule has 2 rings (SSSR count). The van der Waals surface area contributed by atoms with E-state index in [0.717, 1.165) is 10.9 Å². The van der Waals surface area contributed by atoms with E-state index in [1.807, 2.05) is 23.9 Å². The van der Waals surface area contributed by atoms with E-state index in [1.165, 1.54) is 12.1 Å². The molecule has 2 aromatic rings. The van der Waals surface area contributed by atoms with Crippen LogP contribution >= 0.6 is 0 Å². The van der Waals surface area contributed by atoms with Gasteiger partial charge in [-0.2, -0.15) is 0 Å². The summed E-state index contributed by atoms with van der Waals surface area (Å²) >= 11 is 0. The number of fused-ring (bicyclic) bond motifs is 1. The highest BCUT2D eigenvalue weighted by atomic mass is 19.1. The minimum Gasteiger partial charge on any atom is -0.351 e. The van der Waals surface area contributed by atoms with Gasteiger partial charge in [0.05, 0.1) is 0 Å². The predicted octanol–water partition coefficient (Wildman–Crippen LogP) is 2.32. The van der Waals surface area contributed by atoms with Gasteiger partial charge in [0.1, 0.15) is 5.82 Å². The molecule has 0 N–H and O–H groups in total. The normalized spacial score (nSPS) is 10.7. The van der Waals surface area contributed by atoms with Crippen LogP contribution in [0.4, 0.5) is 4.39 Å². The molecule has 0 atom stereocenters. The maximum absolute atomic E-state index is 12.6. The van der Waals surface area contributed by atoms with Crippen LogP contribution in [0.15, 0.2) is 30.5 Å². The Morgan fingerprint density at radius 2 is 2.09 bits per heavy atom. The third-order valence-corrected chi connectivity index (χ3v) is 1.85. The van der Waals surface area contributed by atoms with Crippen molar-refractivity contribution in [2.45, 2.75) is 0 Å². The summed E-state index contributed by atoms with van der Waals surface area (Å²) in [7, 11) is 1.94. The molecular weight excluding hydrogens is 141 g/mol. The Morgan fingerprint density at radius 3 is 2.91 bits per heavy atom. The number of rotatable bonds is 0. The van der Waals surface area contributed by atoms with Crippen LogP contribution in [0.5, 0.6) is 0 Å². The monoisotopic (exact) mass is 149 g/mol. The zero-order chi connectivity index (χ0) is 7.84. The molecule has 2 heteroatoms. The fraction of sp³-hybridized carbons (Fsp3) is 0.111. The SMILES string of the molecule is Cn1ccc2cc(F)ccc21. The molecular formula is C9H8FN. The second-order valence-corrected chi connectivity index (χ2v) is 2.63. The van der Waals surface area contributed by atoms with E-state index in [4.69, 9.17) is 0 Å². The first kappa shape index (κ1) is 6.40. The maximum Gasteiger partial charge on any atom is 0.123 e. The standard InChI is InChI=1S/C9H8FN/c1-11-5-4-7-6-8(10)2-3-9(7)11/h2-6H,1H3. The van der Waals surface area contributed by atoms with Crippen molar-refractivity contribution in [1.82, 2.24) is 4.57 Å². The number of hydrogen-bond donors (Lipinski definition) is 0. The topological polar surface area (TPSA) is 4.93 Å². The van der Waals surface area contributed by atoms with Crippen LogP contribution in [0.1, 0.15) is 0 Å². The molecule has 1 aromatic heterocycles. The largest absolute Gasteiger partial charge is 0.351 e. The highest BCUT2D eigenvalue weighted by Crippen LogP contribution is 2.15. The van der Waals surface area contributed by atoms with Crippen LogP contribution in [0.2, 0.25) is 0 Å². The highest BCUT2D eigenvalue weighted by Gasteiger charge is 1.97. The number of aryl methyl sites for hydroxylation is 1. The molecule has 1 heterocycles. The van der Waals surface area contributed by atoms with E-state index >= 15 is 0 Å². The molecule has 11 heavy (non-hydrogen) atoms. The van der Waals surface area contributed by atoms with Gasteiger partial charge in [-0.15, -0.1) is 0 Å². The Morgan fingerprint density at radius 1 is 1.27 bits per heavy atom. The molecule has 0 saturated carbocycles. The van der Waals surface area contributed by atoms with Crippen molar-refractivity contribution in [2.24, 2.45) is 7.05 Å². The van der Waals surface area contributed by atoms with Crippen molar-refractivity contribution in [3.63, 3.8) is 0 Å². The van der Waals surface area contributed by atoms with Crippen LogP contribution in [0, 0.1) is 5.82 Å². The van der Waals surface area contributed by atoms with Crippen LogP contribution in [-0.4, -0.2) is 4.57 Å². The second-order valence-electron chi connectivity index (χ2n) is 2.63. The minimum absolute atomic E-state index is 0.177. The van der Waals surface area contributed by atoms with E-state index in [-0.39, 0.29) is 5.82 Å². The van der Waals surface area contributed by atoms with Crippen LogP contribution in [0.3, 0.4) is 0 Å².